The number of benzene rings is 1. The molecule has 0 aliphatic rings. The maximum absolute atomic E-state index is 12.8. The van der Waals surface area contributed by atoms with Crippen molar-refractivity contribution in [2.75, 3.05) is 6.54 Å². The van der Waals surface area contributed by atoms with Gasteiger partial charge in [0.15, 0.2) is 0 Å². The zero-order valence-corrected chi connectivity index (χ0v) is 13.3. The highest BCUT2D eigenvalue weighted by Gasteiger charge is 2.25. The van der Waals surface area contributed by atoms with E-state index in [4.69, 9.17) is 0 Å². The molecule has 3 nitrogen and oxygen atoms in total. The molecule has 0 aliphatic heterocycles. The lowest BCUT2D eigenvalue weighted by atomic mass is 10.0. The molecule has 0 aliphatic carbocycles. The van der Waals surface area contributed by atoms with Crippen LogP contribution in [0.4, 0.5) is 0 Å². The Hall–Kier alpha value is -1.51. The van der Waals surface area contributed by atoms with Gasteiger partial charge >= 0.3 is 0 Å². The zero-order chi connectivity index (χ0) is 15.3. The SMILES string of the molecule is CCC(CC)N(CC(C)C)C(=O)c1cccc(C)c1O. The molecular weight excluding hydrogens is 250 g/mol. The Bertz CT molecular complexity index is 450. The van der Waals surface area contributed by atoms with Gasteiger partial charge in [-0.15, -0.1) is 0 Å². The minimum absolute atomic E-state index is 0.0615. The van der Waals surface area contributed by atoms with E-state index in [9.17, 15) is 9.90 Å². The Balaban J connectivity index is 3.12. The molecule has 0 aromatic heterocycles. The van der Waals surface area contributed by atoms with Crippen LogP contribution in [0.5, 0.6) is 5.75 Å². The van der Waals surface area contributed by atoms with Crippen LogP contribution in [0.1, 0.15) is 56.5 Å². The molecule has 1 aromatic carbocycles. The van der Waals surface area contributed by atoms with Crippen molar-refractivity contribution in [3.05, 3.63) is 29.3 Å². The van der Waals surface area contributed by atoms with Crippen molar-refractivity contribution in [1.82, 2.24) is 4.90 Å². The van der Waals surface area contributed by atoms with Crippen LogP contribution in [-0.4, -0.2) is 28.5 Å². The molecule has 1 amide bonds. The first-order valence-electron chi connectivity index (χ1n) is 7.51. The van der Waals surface area contributed by atoms with Gasteiger partial charge in [0.05, 0.1) is 5.56 Å². The monoisotopic (exact) mass is 277 g/mol. The van der Waals surface area contributed by atoms with E-state index in [1.54, 1.807) is 6.07 Å². The van der Waals surface area contributed by atoms with Gasteiger partial charge < -0.3 is 10.0 Å². The van der Waals surface area contributed by atoms with Gasteiger partial charge in [0.1, 0.15) is 5.75 Å². The third-order valence-corrected chi connectivity index (χ3v) is 3.67. The Kier molecular flexibility index (Phi) is 6.05. The summed E-state index contributed by atoms with van der Waals surface area (Å²) >= 11 is 0. The highest BCUT2D eigenvalue weighted by molar-refractivity contribution is 5.97. The minimum Gasteiger partial charge on any atom is -0.507 e. The van der Waals surface area contributed by atoms with Gasteiger partial charge in [-0.05, 0) is 37.3 Å². The zero-order valence-electron chi connectivity index (χ0n) is 13.3. The van der Waals surface area contributed by atoms with E-state index in [2.05, 4.69) is 27.7 Å². The summed E-state index contributed by atoms with van der Waals surface area (Å²) in [5, 5.41) is 10.1. The highest BCUT2D eigenvalue weighted by Crippen LogP contribution is 2.25. The van der Waals surface area contributed by atoms with Crippen molar-refractivity contribution >= 4 is 5.91 Å². The molecule has 0 spiro atoms. The van der Waals surface area contributed by atoms with Crippen molar-refractivity contribution in [1.29, 1.82) is 0 Å². The van der Waals surface area contributed by atoms with E-state index in [0.717, 1.165) is 24.9 Å². The molecule has 0 heterocycles. The lowest BCUT2D eigenvalue weighted by Gasteiger charge is -2.32. The first kappa shape index (κ1) is 16.5. The van der Waals surface area contributed by atoms with Crippen molar-refractivity contribution in [3.8, 4) is 5.75 Å². The number of hydrogen-bond acceptors (Lipinski definition) is 2. The summed E-state index contributed by atoms with van der Waals surface area (Å²) in [5.41, 5.74) is 1.16. The molecule has 1 rings (SSSR count). The largest absolute Gasteiger partial charge is 0.507 e. The van der Waals surface area contributed by atoms with Gasteiger partial charge in [-0.25, -0.2) is 0 Å². The second kappa shape index (κ2) is 7.32. The summed E-state index contributed by atoms with van der Waals surface area (Å²) < 4.78 is 0. The molecule has 20 heavy (non-hydrogen) atoms. The van der Waals surface area contributed by atoms with Crippen LogP contribution in [-0.2, 0) is 0 Å². The second-order valence-electron chi connectivity index (χ2n) is 5.79. The topological polar surface area (TPSA) is 40.5 Å². The molecule has 0 atom stereocenters. The Labute approximate surface area is 122 Å². The molecule has 0 unspecified atom stereocenters. The van der Waals surface area contributed by atoms with E-state index >= 15 is 0 Å². The van der Waals surface area contributed by atoms with Gasteiger partial charge in [-0.3, -0.25) is 4.79 Å². The molecule has 1 aromatic rings. The van der Waals surface area contributed by atoms with Crippen molar-refractivity contribution in [2.45, 2.75) is 53.5 Å². The standard InChI is InChI=1S/C17H27NO2/c1-6-14(7-2)18(11-12(3)4)17(20)15-10-8-9-13(5)16(15)19/h8-10,12,14,19H,6-7,11H2,1-5H3. The quantitative estimate of drug-likeness (QED) is 0.854. The summed E-state index contributed by atoms with van der Waals surface area (Å²) in [7, 11) is 0. The predicted molar refractivity (Wildman–Crippen MR) is 83.1 cm³/mol. The average Bonchev–Trinajstić information content (AvgIpc) is 2.41. The molecule has 0 fully saturated rings. The van der Waals surface area contributed by atoms with Crippen molar-refractivity contribution in [3.63, 3.8) is 0 Å². The highest BCUT2D eigenvalue weighted by atomic mass is 16.3. The molecule has 0 radical (unpaired) electrons. The number of phenolic OH excluding ortho intramolecular Hbond substituents is 1. The van der Waals surface area contributed by atoms with Crippen LogP contribution in [0.25, 0.3) is 0 Å². The Morgan fingerprint density at radius 3 is 2.35 bits per heavy atom. The van der Waals surface area contributed by atoms with Gasteiger partial charge in [-0.1, -0.05) is 39.8 Å². The average molecular weight is 277 g/mol. The van der Waals surface area contributed by atoms with Crippen LogP contribution < -0.4 is 0 Å². The summed E-state index contributed by atoms with van der Waals surface area (Å²) in [5.74, 6) is 0.456. The van der Waals surface area contributed by atoms with Gasteiger partial charge in [0.25, 0.3) is 5.91 Å². The normalized spacial score (nSPS) is 11.2. The van der Waals surface area contributed by atoms with Crippen LogP contribution in [0, 0.1) is 12.8 Å². The van der Waals surface area contributed by atoms with Gasteiger partial charge in [0.2, 0.25) is 0 Å². The third kappa shape index (κ3) is 3.75. The van der Waals surface area contributed by atoms with Crippen molar-refractivity contribution in [2.24, 2.45) is 5.92 Å². The summed E-state index contributed by atoms with van der Waals surface area (Å²) in [6.45, 7) is 11.0. The van der Waals surface area contributed by atoms with Crippen LogP contribution in [0.15, 0.2) is 18.2 Å². The number of para-hydroxylation sites is 1. The molecule has 0 bridgehead atoms. The Morgan fingerprint density at radius 1 is 1.25 bits per heavy atom. The van der Waals surface area contributed by atoms with E-state index in [1.165, 1.54) is 0 Å². The van der Waals surface area contributed by atoms with Crippen LogP contribution >= 0.6 is 0 Å². The van der Waals surface area contributed by atoms with Crippen LogP contribution in [0.2, 0.25) is 0 Å². The number of carbonyl (C=O) groups is 1. The first-order chi connectivity index (χ1) is 9.42. The number of hydrogen-bond donors (Lipinski definition) is 1. The number of aromatic hydroxyl groups is 1. The number of amides is 1. The van der Waals surface area contributed by atoms with E-state index in [-0.39, 0.29) is 17.7 Å². The summed E-state index contributed by atoms with van der Waals surface area (Å²) in [4.78, 5) is 14.7. The van der Waals surface area contributed by atoms with Gasteiger partial charge in [0, 0.05) is 12.6 Å². The lowest BCUT2D eigenvalue weighted by Crippen LogP contribution is -2.42. The molecule has 0 saturated heterocycles. The minimum atomic E-state index is -0.0615. The second-order valence-corrected chi connectivity index (χ2v) is 5.79. The van der Waals surface area contributed by atoms with Crippen LogP contribution in [0.3, 0.4) is 0 Å². The number of nitrogens with zero attached hydrogens (tertiary/aromatic N) is 1. The molecular formula is C17H27NO2. The molecule has 3 heteroatoms. The van der Waals surface area contributed by atoms with E-state index in [1.807, 2.05) is 24.0 Å². The fourth-order valence-corrected chi connectivity index (χ4v) is 2.51. The van der Waals surface area contributed by atoms with Crippen molar-refractivity contribution < 1.29 is 9.90 Å². The maximum Gasteiger partial charge on any atom is 0.257 e. The number of aryl methyl sites for hydroxylation is 1. The van der Waals surface area contributed by atoms with E-state index < -0.39 is 0 Å². The third-order valence-electron chi connectivity index (χ3n) is 3.67. The summed E-state index contributed by atoms with van der Waals surface area (Å²) in [6.07, 6.45) is 1.86. The molecule has 0 saturated carbocycles. The van der Waals surface area contributed by atoms with E-state index in [0.29, 0.717) is 11.5 Å². The fourth-order valence-electron chi connectivity index (χ4n) is 2.51. The fraction of sp³-hybridized carbons (Fsp3) is 0.588. The number of rotatable bonds is 6. The smallest absolute Gasteiger partial charge is 0.257 e. The number of carbonyl (C=O) groups excluding carboxylic acids is 1. The molecule has 1 N–H and O–H groups in total. The predicted octanol–water partition coefficient (Wildman–Crippen LogP) is 3.99. The Morgan fingerprint density at radius 2 is 1.85 bits per heavy atom. The first-order valence-corrected chi connectivity index (χ1v) is 7.51. The maximum atomic E-state index is 12.8. The lowest BCUT2D eigenvalue weighted by molar-refractivity contribution is 0.0637. The number of phenols is 1. The molecule has 112 valence electrons. The van der Waals surface area contributed by atoms with Gasteiger partial charge in [-0.2, -0.15) is 0 Å². The summed E-state index contributed by atoms with van der Waals surface area (Å²) in [6, 6.07) is 5.57.